The maximum Gasteiger partial charge on any atom is 0.326 e. The molecule has 2 atom stereocenters. The quantitative estimate of drug-likeness (QED) is 0.490. The molecule has 0 aliphatic carbocycles. The van der Waals surface area contributed by atoms with Crippen LogP contribution in [0, 0.1) is 10.1 Å². The van der Waals surface area contributed by atoms with Gasteiger partial charge >= 0.3 is 5.97 Å². The molecule has 1 amide bonds. The molecule has 0 radical (unpaired) electrons. The fraction of sp³-hybridized carbons (Fsp3) is 0.385. The Kier molecular flexibility index (Phi) is 5.71. The third-order valence-electron chi connectivity index (χ3n) is 2.99. The second-order valence-electron chi connectivity index (χ2n) is 4.47. The number of amides is 1. The third-order valence-corrected chi connectivity index (χ3v) is 4.09. The van der Waals surface area contributed by atoms with Crippen molar-refractivity contribution < 1.29 is 19.6 Å². The van der Waals surface area contributed by atoms with E-state index >= 15 is 0 Å². The van der Waals surface area contributed by atoms with E-state index in [-0.39, 0.29) is 11.6 Å². The minimum atomic E-state index is -1.07. The zero-order valence-corrected chi connectivity index (χ0v) is 12.7. The van der Waals surface area contributed by atoms with Gasteiger partial charge in [-0.05, 0) is 26.0 Å². The summed E-state index contributed by atoms with van der Waals surface area (Å²) in [6.45, 7) is 3.10. The summed E-state index contributed by atoms with van der Waals surface area (Å²) in [6.07, 6.45) is 0. The molecule has 0 aliphatic rings. The highest BCUT2D eigenvalue weighted by atomic mass is 32.2. The number of carbonyl (C=O) groups excluding carboxylic acids is 1. The van der Waals surface area contributed by atoms with E-state index < -0.39 is 22.2 Å². The number of hydrogen-bond acceptors (Lipinski definition) is 5. The molecule has 0 spiro atoms. The Morgan fingerprint density at radius 3 is 2.24 bits per heavy atom. The molecule has 2 unspecified atom stereocenters. The van der Waals surface area contributed by atoms with Crippen molar-refractivity contribution >= 4 is 29.3 Å². The zero-order valence-electron chi connectivity index (χ0n) is 11.8. The van der Waals surface area contributed by atoms with Crippen LogP contribution in [0.2, 0.25) is 0 Å². The molecule has 0 fully saturated rings. The predicted molar refractivity (Wildman–Crippen MR) is 78.3 cm³/mol. The Balaban J connectivity index is 2.71. The Bertz CT molecular complexity index is 546. The number of non-ortho nitro benzene ring substituents is 1. The highest BCUT2D eigenvalue weighted by Gasteiger charge is 2.26. The van der Waals surface area contributed by atoms with Crippen LogP contribution in [0.1, 0.15) is 13.8 Å². The van der Waals surface area contributed by atoms with E-state index in [2.05, 4.69) is 0 Å². The molecule has 0 saturated carbocycles. The largest absolute Gasteiger partial charge is 0.480 e. The first-order valence-electron chi connectivity index (χ1n) is 6.14. The number of aliphatic carboxylic acids is 1. The summed E-state index contributed by atoms with van der Waals surface area (Å²) in [5, 5.41) is 19.0. The second kappa shape index (κ2) is 7.07. The van der Waals surface area contributed by atoms with E-state index in [1.54, 1.807) is 19.1 Å². The molecule has 21 heavy (non-hydrogen) atoms. The number of nitro benzene ring substituents is 1. The number of nitrogens with zero attached hydrogens (tertiary/aromatic N) is 2. The van der Waals surface area contributed by atoms with Gasteiger partial charge in [-0.1, -0.05) is 0 Å². The lowest BCUT2D eigenvalue weighted by atomic mass is 10.3. The van der Waals surface area contributed by atoms with Crippen LogP contribution in [-0.2, 0) is 9.59 Å². The lowest BCUT2D eigenvalue weighted by Crippen LogP contribution is -2.43. The number of thioether (sulfide) groups is 1. The summed E-state index contributed by atoms with van der Waals surface area (Å²) in [6, 6.07) is 4.95. The fourth-order valence-electron chi connectivity index (χ4n) is 1.54. The molecule has 114 valence electrons. The number of nitro groups is 1. The molecule has 0 aromatic heterocycles. The molecule has 8 heteroatoms. The van der Waals surface area contributed by atoms with E-state index in [0.29, 0.717) is 4.90 Å². The van der Waals surface area contributed by atoms with Gasteiger partial charge in [0.1, 0.15) is 6.04 Å². The number of benzene rings is 1. The average molecular weight is 312 g/mol. The Morgan fingerprint density at radius 1 is 1.29 bits per heavy atom. The summed E-state index contributed by atoms with van der Waals surface area (Å²) in [4.78, 5) is 34.9. The highest BCUT2D eigenvalue weighted by Crippen LogP contribution is 2.26. The minimum absolute atomic E-state index is 0.0186. The van der Waals surface area contributed by atoms with Crippen molar-refractivity contribution in [3.05, 3.63) is 34.4 Å². The maximum atomic E-state index is 12.1. The number of carboxylic acids is 1. The molecule has 1 rings (SSSR count). The first-order valence-corrected chi connectivity index (χ1v) is 7.02. The Morgan fingerprint density at radius 2 is 1.81 bits per heavy atom. The van der Waals surface area contributed by atoms with Gasteiger partial charge in [-0.2, -0.15) is 0 Å². The standard InChI is InChI=1S/C13H16N2O5S/c1-8(13(17)18)14(3)12(16)9(2)21-11-6-4-10(5-7-11)15(19)20/h4-9H,1-3H3,(H,17,18). The van der Waals surface area contributed by atoms with Gasteiger partial charge in [-0.3, -0.25) is 14.9 Å². The normalized spacial score (nSPS) is 13.3. The summed E-state index contributed by atoms with van der Waals surface area (Å²) in [5.74, 6) is -1.38. The SMILES string of the molecule is CC(Sc1ccc([N+](=O)[O-])cc1)C(=O)N(C)C(C)C(=O)O. The predicted octanol–water partition coefficient (Wildman–Crippen LogP) is 2.01. The average Bonchev–Trinajstić information content (AvgIpc) is 2.45. The monoisotopic (exact) mass is 312 g/mol. The third kappa shape index (κ3) is 4.45. The van der Waals surface area contributed by atoms with Crippen LogP contribution in [0.3, 0.4) is 0 Å². The smallest absolute Gasteiger partial charge is 0.326 e. The van der Waals surface area contributed by atoms with Crippen molar-refractivity contribution in [3.8, 4) is 0 Å². The molecule has 0 saturated heterocycles. The van der Waals surface area contributed by atoms with Gasteiger partial charge < -0.3 is 10.0 Å². The van der Waals surface area contributed by atoms with Crippen LogP contribution >= 0.6 is 11.8 Å². The first-order chi connectivity index (χ1) is 9.73. The molecule has 7 nitrogen and oxygen atoms in total. The van der Waals surface area contributed by atoms with Gasteiger partial charge in [0, 0.05) is 24.1 Å². The van der Waals surface area contributed by atoms with Crippen molar-refractivity contribution in [1.29, 1.82) is 0 Å². The van der Waals surface area contributed by atoms with Crippen LogP contribution in [0.5, 0.6) is 0 Å². The van der Waals surface area contributed by atoms with Gasteiger partial charge in [-0.25, -0.2) is 4.79 Å². The summed E-state index contributed by atoms with van der Waals surface area (Å²) in [7, 11) is 1.44. The van der Waals surface area contributed by atoms with Crippen molar-refractivity contribution in [2.75, 3.05) is 7.05 Å². The van der Waals surface area contributed by atoms with Crippen molar-refractivity contribution in [2.45, 2.75) is 30.0 Å². The van der Waals surface area contributed by atoms with E-state index in [9.17, 15) is 19.7 Å². The molecule has 1 aromatic rings. The lowest BCUT2D eigenvalue weighted by molar-refractivity contribution is -0.384. The minimum Gasteiger partial charge on any atom is -0.480 e. The number of likely N-dealkylation sites (N-methyl/N-ethyl adjacent to an activating group) is 1. The number of carbonyl (C=O) groups is 2. The van der Waals surface area contributed by atoms with Gasteiger partial charge in [0.25, 0.3) is 5.69 Å². The lowest BCUT2D eigenvalue weighted by Gasteiger charge is -2.24. The summed E-state index contributed by atoms with van der Waals surface area (Å²) >= 11 is 1.22. The molecule has 0 heterocycles. The van der Waals surface area contributed by atoms with E-state index in [1.807, 2.05) is 0 Å². The van der Waals surface area contributed by atoms with Crippen LogP contribution < -0.4 is 0 Å². The topological polar surface area (TPSA) is 101 Å². The number of hydrogen-bond donors (Lipinski definition) is 1. The Labute approximate surface area is 126 Å². The van der Waals surface area contributed by atoms with Crippen LogP contribution in [0.15, 0.2) is 29.2 Å². The highest BCUT2D eigenvalue weighted by molar-refractivity contribution is 8.00. The van der Waals surface area contributed by atoms with Crippen LogP contribution in [-0.4, -0.2) is 45.1 Å². The molecular weight excluding hydrogens is 296 g/mol. The molecule has 1 aromatic carbocycles. The maximum absolute atomic E-state index is 12.1. The molecular formula is C13H16N2O5S. The van der Waals surface area contributed by atoms with Gasteiger partial charge in [0.15, 0.2) is 0 Å². The zero-order chi connectivity index (χ0) is 16.2. The number of carboxylic acid groups (broad SMARTS) is 1. The summed E-state index contributed by atoms with van der Waals surface area (Å²) in [5.41, 5.74) is -0.0186. The van der Waals surface area contributed by atoms with E-state index in [1.165, 1.54) is 42.8 Å². The molecule has 1 N–H and O–H groups in total. The van der Waals surface area contributed by atoms with Gasteiger partial charge in [-0.15, -0.1) is 11.8 Å². The van der Waals surface area contributed by atoms with Crippen LogP contribution in [0.25, 0.3) is 0 Å². The van der Waals surface area contributed by atoms with Crippen molar-refractivity contribution in [1.82, 2.24) is 4.90 Å². The second-order valence-corrected chi connectivity index (χ2v) is 5.89. The molecule has 0 bridgehead atoms. The molecule has 0 aliphatic heterocycles. The van der Waals surface area contributed by atoms with Gasteiger partial charge in [0.05, 0.1) is 10.2 Å². The first kappa shape index (κ1) is 17.0. The van der Waals surface area contributed by atoms with Gasteiger partial charge in [0.2, 0.25) is 5.91 Å². The van der Waals surface area contributed by atoms with Crippen molar-refractivity contribution in [3.63, 3.8) is 0 Å². The Hall–Kier alpha value is -2.09. The fourth-order valence-corrected chi connectivity index (χ4v) is 2.51. The van der Waals surface area contributed by atoms with Crippen LogP contribution in [0.4, 0.5) is 5.69 Å². The van der Waals surface area contributed by atoms with Crippen molar-refractivity contribution in [2.24, 2.45) is 0 Å². The van der Waals surface area contributed by atoms with E-state index in [0.717, 1.165) is 0 Å². The summed E-state index contributed by atoms with van der Waals surface area (Å²) < 4.78 is 0. The van der Waals surface area contributed by atoms with E-state index in [4.69, 9.17) is 5.11 Å². The number of rotatable bonds is 6.